The highest BCUT2D eigenvalue weighted by Crippen LogP contribution is 2.53. The highest BCUT2D eigenvalue weighted by Gasteiger charge is 2.60. The van der Waals surface area contributed by atoms with Crippen molar-refractivity contribution in [3.63, 3.8) is 0 Å². The van der Waals surface area contributed by atoms with Crippen LogP contribution in [-0.2, 0) is 20.0 Å². The molecule has 0 N–H and O–H groups in total. The first-order chi connectivity index (χ1) is 14.7. The Hall–Kier alpha value is -0.840. The Labute approximate surface area is 214 Å². The molecule has 0 unspecified atom stereocenters. The van der Waals surface area contributed by atoms with E-state index in [0.717, 1.165) is 0 Å². The summed E-state index contributed by atoms with van der Waals surface area (Å²) < 4.78 is 52.9. The van der Waals surface area contributed by atoms with Gasteiger partial charge in [-0.3, -0.25) is 0 Å². The summed E-state index contributed by atoms with van der Waals surface area (Å²) in [5.74, 6) is 0. The van der Waals surface area contributed by atoms with E-state index in [1.165, 1.54) is 48.5 Å². The molecule has 0 aromatic heterocycles. The number of rotatable bonds is 4. The predicted octanol–water partition coefficient (Wildman–Crippen LogP) is 5.70. The first-order valence-corrected chi connectivity index (χ1v) is 13.5. The van der Waals surface area contributed by atoms with Crippen LogP contribution in [0.3, 0.4) is 0 Å². The maximum absolute atomic E-state index is 12.7. The largest absolute Gasteiger partial charge is 0.282 e. The van der Waals surface area contributed by atoms with E-state index < -0.39 is 50.2 Å². The van der Waals surface area contributed by atoms with Gasteiger partial charge in [0.1, 0.15) is 11.4 Å². The smallest absolute Gasteiger partial charge is 0.199 e. The summed E-state index contributed by atoms with van der Waals surface area (Å²) in [5, 5.41) is -1.18. The highest BCUT2D eigenvalue weighted by molar-refractivity contribution is 7.90. The standard InChI is InChI=1S/C18H10Cl6N2O4S2/c19-13-14(20)16(26-32(29,30)12-9-5-2-6-10-12)18(23,24)17(21,22)15(13)25-31(27,28)11-7-3-1-4-8-11/h1-10H. The summed E-state index contributed by atoms with van der Waals surface area (Å²) in [7, 11) is -8.73. The Bertz CT molecular complexity index is 1250. The van der Waals surface area contributed by atoms with Gasteiger partial charge in [-0.2, -0.15) is 25.6 Å². The van der Waals surface area contributed by atoms with Gasteiger partial charge in [-0.25, -0.2) is 0 Å². The number of hydrogen-bond donors (Lipinski definition) is 0. The molecule has 0 bridgehead atoms. The normalized spacial score (nSPS) is 21.2. The average molecular weight is 595 g/mol. The van der Waals surface area contributed by atoms with Crippen LogP contribution in [0, 0.1) is 0 Å². The van der Waals surface area contributed by atoms with E-state index in [1.54, 1.807) is 12.1 Å². The van der Waals surface area contributed by atoms with Gasteiger partial charge in [-0.15, -0.1) is 0 Å². The third kappa shape index (κ3) is 4.70. The molecule has 3 rings (SSSR count). The fourth-order valence-electron chi connectivity index (χ4n) is 2.51. The number of hydrogen-bond acceptors (Lipinski definition) is 4. The van der Waals surface area contributed by atoms with Gasteiger partial charge >= 0.3 is 0 Å². The second-order valence-electron chi connectivity index (χ2n) is 6.23. The number of halogens is 6. The number of alkyl halides is 4. The third-order valence-corrected chi connectivity index (χ3v) is 9.75. The Morgan fingerprint density at radius 2 is 0.844 bits per heavy atom. The molecule has 0 saturated carbocycles. The molecule has 0 spiro atoms. The molecule has 2 aromatic rings. The Morgan fingerprint density at radius 3 is 1.12 bits per heavy atom. The third-order valence-electron chi connectivity index (χ3n) is 4.10. The molecule has 1 aliphatic rings. The molecule has 0 radical (unpaired) electrons. The van der Waals surface area contributed by atoms with Gasteiger partial charge in [0.25, 0.3) is 20.0 Å². The van der Waals surface area contributed by atoms with Crippen molar-refractivity contribution < 1.29 is 16.8 Å². The number of sulfonamides is 2. The molecule has 0 aliphatic heterocycles. The average Bonchev–Trinajstić information content (AvgIpc) is 2.75. The topological polar surface area (TPSA) is 93.0 Å². The minimum Gasteiger partial charge on any atom is -0.199 e. The first kappa shape index (κ1) is 25.8. The van der Waals surface area contributed by atoms with Crippen molar-refractivity contribution >= 4 is 101 Å². The van der Waals surface area contributed by atoms with Crippen molar-refractivity contribution in [2.75, 3.05) is 0 Å². The van der Waals surface area contributed by atoms with Gasteiger partial charge < -0.3 is 0 Å². The zero-order valence-corrected chi connectivity index (χ0v) is 21.6. The van der Waals surface area contributed by atoms with Crippen molar-refractivity contribution in [2.24, 2.45) is 8.80 Å². The van der Waals surface area contributed by atoms with Crippen molar-refractivity contribution in [1.29, 1.82) is 0 Å². The molecule has 0 heterocycles. The molecule has 1 aliphatic carbocycles. The van der Waals surface area contributed by atoms with Crippen LogP contribution in [0.2, 0.25) is 0 Å². The maximum Gasteiger partial charge on any atom is 0.282 e. The Morgan fingerprint density at radius 1 is 0.562 bits per heavy atom. The molecule has 0 fully saturated rings. The van der Waals surface area contributed by atoms with Gasteiger partial charge in [0.2, 0.25) is 8.67 Å². The molecule has 2 aromatic carbocycles. The van der Waals surface area contributed by atoms with Gasteiger partial charge in [0.05, 0.1) is 19.9 Å². The zero-order valence-electron chi connectivity index (χ0n) is 15.4. The lowest BCUT2D eigenvalue weighted by molar-refractivity contribution is 0.595. The van der Waals surface area contributed by atoms with E-state index in [2.05, 4.69) is 8.80 Å². The van der Waals surface area contributed by atoms with Crippen LogP contribution in [0.4, 0.5) is 0 Å². The SMILES string of the molecule is O=S(=O)(N=C1C(Cl)=C(Cl)C(=NS(=O)(=O)c2ccccc2)C(Cl)(Cl)C1(Cl)Cl)c1ccccc1. The number of allylic oxidation sites excluding steroid dienone is 2. The first-order valence-electron chi connectivity index (χ1n) is 8.34. The predicted molar refractivity (Wildman–Crippen MR) is 130 cm³/mol. The molecular weight excluding hydrogens is 585 g/mol. The maximum atomic E-state index is 12.7. The zero-order chi connectivity index (χ0) is 23.9. The summed E-state index contributed by atoms with van der Waals surface area (Å²) >= 11 is 37.6. The summed E-state index contributed by atoms with van der Waals surface area (Å²) in [5.41, 5.74) is -1.39. The number of nitrogens with zero attached hydrogens (tertiary/aromatic N) is 2. The molecule has 0 saturated heterocycles. The number of benzene rings is 2. The van der Waals surface area contributed by atoms with Crippen LogP contribution in [-0.4, -0.2) is 36.9 Å². The van der Waals surface area contributed by atoms with Crippen LogP contribution in [0.5, 0.6) is 0 Å². The summed E-state index contributed by atoms with van der Waals surface area (Å²) in [6, 6.07) is 14.2. The van der Waals surface area contributed by atoms with Gasteiger partial charge in [0.15, 0.2) is 0 Å². The Kier molecular flexibility index (Phi) is 7.31. The highest BCUT2D eigenvalue weighted by atomic mass is 35.5. The van der Waals surface area contributed by atoms with Gasteiger partial charge in [0, 0.05) is 0 Å². The van der Waals surface area contributed by atoms with Crippen molar-refractivity contribution in [3.05, 3.63) is 70.7 Å². The lowest BCUT2D eigenvalue weighted by atomic mass is 10.0. The Balaban J connectivity index is 2.25. The summed E-state index contributed by atoms with van der Waals surface area (Å²) in [6.45, 7) is 0. The second kappa shape index (κ2) is 9.07. The van der Waals surface area contributed by atoms with Crippen molar-refractivity contribution in [1.82, 2.24) is 0 Å². The summed E-state index contributed by atoms with van der Waals surface area (Å²) in [6.07, 6.45) is 0. The van der Waals surface area contributed by atoms with E-state index in [9.17, 15) is 16.8 Å². The quantitative estimate of drug-likeness (QED) is 0.425. The van der Waals surface area contributed by atoms with Crippen LogP contribution in [0.1, 0.15) is 0 Å². The fourth-order valence-corrected chi connectivity index (χ4v) is 6.60. The van der Waals surface area contributed by atoms with Gasteiger partial charge in [-0.1, -0.05) is 106 Å². The molecule has 0 atom stereocenters. The molecule has 6 nitrogen and oxygen atoms in total. The molecule has 0 amide bonds. The van der Waals surface area contributed by atoms with Crippen LogP contribution >= 0.6 is 69.6 Å². The van der Waals surface area contributed by atoms with Crippen LogP contribution in [0.15, 0.2) is 89.3 Å². The second-order valence-corrected chi connectivity index (χ2v) is 12.9. The van der Waals surface area contributed by atoms with Crippen LogP contribution < -0.4 is 0 Å². The molecule has 32 heavy (non-hydrogen) atoms. The van der Waals surface area contributed by atoms with E-state index in [1.807, 2.05) is 0 Å². The van der Waals surface area contributed by atoms with E-state index in [0.29, 0.717) is 0 Å². The van der Waals surface area contributed by atoms with Gasteiger partial charge in [-0.05, 0) is 24.3 Å². The molecule has 14 heteroatoms. The van der Waals surface area contributed by atoms with E-state index in [-0.39, 0.29) is 9.79 Å². The monoisotopic (exact) mass is 592 g/mol. The minimum atomic E-state index is -4.37. The van der Waals surface area contributed by atoms with E-state index in [4.69, 9.17) is 69.6 Å². The van der Waals surface area contributed by atoms with E-state index >= 15 is 0 Å². The minimum absolute atomic E-state index is 0.196. The van der Waals surface area contributed by atoms with Crippen LogP contribution in [0.25, 0.3) is 0 Å². The fraction of sp³-hybridized carbons (Fsp3) is 0.111. The van der Waals surface area contributed by atoms with Crippen molar-refractivity contribution in [2.45, 2.75) is 18.5 Å². The lowest BCUT2D eigenvalue weighted by Gasteiger charge is -2.38. The molecule has 170 valence electrons. The van der Waals surface area contributed by atoms with Crippen molar-refractivity contribution in [3.8, 4) is 0 Å². The summed E-state index contributed by atoms with van der Waals surface area (Å²) in [4.78, 5) is -0.392. The molecular formula is C18H10Cl6N2O4S2. The lowest BCUT2D eigenvalue weighted by Crippen LogP contribution is -2.53.